The second-order valence-corrected chi connectivity index (χ2v) is 3.73. The van der Waals surface area contributed by atoms with Crippen LogP contribution in [0.5, 0.6) is 0 Å². The van der Waals surface area contributed by atoms with Crippen LogP contribution in [0.1, 0.15) is 17.3 Å². The van der Waals surface area contributed by atoms with Gasteiger partial charge in [-0.25, -0.2) is 4.98 Å². The summed E-state index contributed by atoms with van der Waals surface area (Å²) in [5.41, 5.74) is 6.83. The Balaban J connectivity index is 2.28. The van der Waals surface area contributed by atoms with Crippen molar-refractivity contribution in [3.63, 3.8) is 0 Å². The maximum absolute atomic E-state index is 12.3. The highest BCUT2D eigenvalue weighted by atomic mass is 16.2. The van der Waals surface area contributed by atoms with Crippen molar-refractivity contribution in [1.82, 2.24) is 9.97 Å². The molecule has 0 aliphatic heterocycles. The molecule has 18 heavy (non-hydrogen) atoms. The maximum atomic E-state index is 12.3. The summed E-state index contributed by atoms with van der Waals surface area (Å²) in [4.78, 5) is 21.8. The molecule has 0 aliphatic rings. The van der Waals surface area contributed by atoms with Crippen molar-refractivity contribution in [1.29, 1.82) is 0 Å². The van der Waals surface area contributed by atoms with Gasteiger partial charge in [0.2, 0.25) is 0 Å². The first kappa shape index (κ1) is 12.0. The highest BCUT2D eigenvalue weighted by Crippen LogP contribution is 2.15. The fourth-order valence-electron chi connectivity index (χ4n) is 1.66. The lowest BCUT2D eigenvalue weighted by molar-refractivity contribution is 0.0988. The summed E-state index contributed by atoms with van der Waals surface area (Å²) >= 11 is 0. The lowest BCUT2D eigenvalue weighted by Crippen LogP contribution is -2.30. The Bertz CT molecular complexity index is 524. The number of anilines is 2. The number of hydrogen-bond acceptors (Lipinski definition) is 4. The third-order valence-corrected chi connectivity index (χ3v) is 2.57. The molecule has 5 heteroatoms. The molecule has 2 heterocycles. The lowest BCUT2D eigenvalue weighted by atomic mass is 10.2. The second-order valence-electron chi connectivity index (χ2n) is 3.73. The van der Waals surface area contributed by atoms with Gasteiger partial charge in [0.15, 0.2) is 0 Å². The van der Waals surface area contributed by atoms with Gasteiger partial charge in [-0.1, -0.05) is 0 Å². The smallest absolute Gasteiger partial charge is 0.259 e. The summed E-state index contributed by atoms with van der Waals surface area (Å²) in [7, 11) is 0. The van der Waals surface area contributed by atoms with E-state index in [0.717, 1.165) is 5.69 Å². The minimum atomic E-state index is -0.101. The highest BCUT2D eigenvalue weighted by Gasteiger charge is 2.15. The molecule has 1 amide bonds. The first-order valence-electron chi connectivity index (χ1n) is 5.65. The van der Waals surface area contributed by atoms with Gasteiger partial charge in [-0.2, -0.15) is 0 Å². The van der Waals surface area contributed by atoms with Gasteiger partial charge in [-0.05, 0) is 31.2 Å². The number of rotatable bonds is 3. The molecule has 0 radical (unpaired) electrons. The van der Waals surface area contributed by atoms with Crippen LogP contribution < -0.4 is 10.6 Å². The molecule has 0 saturated carbocycles. The molecule has 0 aromatic carbocycles. The van der Waals surface area contributed by atoms with Crippen molar-refractivity contribution < 1.29 is 4.79 Å². The van der Waals surface area contributed by atoms with E-state index in [1.165, 1.54) is 6.20 Å². The zero-order valence-corrected chi connectivity index (χ0v) is 10.1. The van der Waals surface area contributed by atoms with Crippen LogP contribution in [0.4, 0.5) is 11.5 Å². The van der Waals surface area contributed by atoms with Gasteiger partial charge in [-0.3, -0.25) is 9.78 Å². The van der Waals surface area contributed by atoms with Gasteiger partial charge < -0.3 is 10.6 Å². The first-order valence-corrected chi connectivity index (χ1v) is 5.65. The van der Waals surface area contributed by atoms with Gasteiger partial charge in [0.25, 0.3) is 5.91 Å². The first-order chi connectivity index (χ1) is 8.72. The molecule has 92 valence electrons. The van der Waals surface area contributed by atoms with Gasteiger partial charge in [0.05, 0.1) is 5.56 Å². The van der Waals surface area contributed by atoms with Crippen molar-refractivity contribution in [3.05, 3.63) is 48.4 Å². The fourth-order valence-corrected chi connectivity index (χ4v) is 1.66. The third kappa shape index (κ3) is 2.45. The van der Waals surface area contributed by atoms with Crippen molar-refractivity contribution in [2.24, 2.45) is 0 Å². The molecule has 0 saturated heterocycles. The van der Waals surface area contributed by atoms with E-state index in [2.05, 4.69) is 9.97 Å². The number of hydrogen-bond donors (Lipinski definition) is 1. The Labute approximate surface area is 105 Å². The molecular formula is C13H14N4O. The van der Waals surface area contributed by atoms with Crippen molar-refractivity contribution in [2.75, 3.05) is 17.2 Å². The number of pyridine rings is 2. The van der Waals surface area contributed by atoms with E-state index in [1.54, 1.807) is 41.6 Å². The number of carbonyl (C=O) groups excluding carboxylic acids is 1. The molecule has 0 spiro atoms. The molecular weight excluding hydrogens is 228 g/mol. The van der Waals surface area contributed by atoms with Crippen LogP contribution in [0.25, 0.3) is 0 Å². The van der Waals surface area contributed by atoms with Crippen molar-refractivity contribution in [3.8, 4) is 0 Å². The van der Waals surface area contributed by atoms with E-state index in [1.807, 2.05) is 6.92 Å². The zero-order chi connectivity index (χ0) is 13.0. The molecule has 0 atom stereocenters. The molecule has 2 rings (SSSR count). The van der Waals surface area contributed by atoms with Crippen LogP contribution in [0.3, 0.4) is 0 Å². The Kier molecular flexibility index (Phi) is 3.52. The number of nitrogens with two attached hydrogens (primary N) is 1. The Hall–Kier alpha value is -2.43. The van der Waals surface area contributed by atoms with Crippen LogP contribution >= 0.6 is 0 Å². The van der Waals surface area contributed by atoms with Crippen LogP contribution in [0.2, 0.25) is 0 Å². The summed E-state index contributed by atoms with van der Waals surface area (Å²) in [6, 6.07) is 6.89. The lowest BCUT2D eigenvalue weighted by Gasteiger charge is -2.20. The summed E-state index contributed by atoms with van der Waals surface area (Å²) in [6.07, 6.45) is 4.81. The van der Waals surface area contributed by atoms with Gasteiger partial charge in [0, 0.05) is 30.8 Å². The van der Waals surface area contributed by atoms with Crippen molar-refractivity contribution >= 4 is 17.4 Å². The van der Waals surface area contributed by atoms with Crippen LogP contribution in [-0.4, -0.2) is 22.4 Å². The molecule has 5 nitrogen and oxygen atoms in total. The summed E-state index contributed by atoms with van der Waals surface area (Å²) in [5.74, 6) is 0.301. The molecule has 0 aliphatic carbocycles. The molecule has 0 bridgehead atoms. The summed E-state index contributed by atoms with van der Waals surface area (Å²) in [5, 5.41) is 0. The van der Waals surface area contributed by atoms with Crippen LogP contribution in [-0.2, 0) is 0 Å². The zero-order valence-electron chi connectivity index (χ0n) is 10.1. The average Bonchev–Trinajstić information content (AvgIpc) is 2.41. The SMILES string of the molecule is CCN(C(=O)c1ccc(N)nc1)c1ccncc1. The van der Waals surface area contributed by atoms with E-state index in [0.29, 0.717) is 17.9 Å². The van der Waals surface area contributed by atoms with E-state index in [4.69, 9.17) is 5.73 Å². The number of nitrogens with zero attached hydrogens (tertiary/aromatic N) is 3. The van der Waals surface area contributed by atoms with Gasteiger partial charge >= 0.3 is 0 Å². The Morgan fingerprint density at radius 3 is 2.56 bits per heavy atom. The number of aromatic nitrogens is 2. The predicted octanol–water partition coefficient (Wildman–Crippen LogP) is 1.73. The minimum Gasteiger partial charge on any atom is -0.384 e. The molecule has 0 unspecified atom stereocenters. The van der Waals surface area contributed by atoms with E-state index < -0.39 is 0 Å². The average molecular weight is 242 g/mol. The topological polar surface area (TPSA) is 72.1 Å². The van der Waals surface area contributed by atoms with Gasteiger partial charge in [0.1, 0.15) is 5.82 Å². The van der Waals surface area contributed by atoms with Crippen molar-refractivity contribution in [2.45, 2.75) is 6.92 Å². The number of amides is 1. The van der Waals surface area contributed by atoms with Crippen LogP contribution in [0, 0.1) is 0 Å². The van der Waals surface area contributed by atoms with Crippen LogP contribution in [0.15, 0.2) is 42.9 Å². The molecule has 2 N–H and O–H groups in total. The standard InChI is InChI=1S/C13H14N4O/c1-2-17(11-5-7-15-8-6-11)13(18)10-3-4-12(14)16-9-10/h3-9H,2H2,1H3,(H2,14,16). The van der Waals surface area contributed by atoms with E-state index >= 15 is 0 Å². The van der Waals surface area contributed by atoms with E-state index in [-0.39, 0.29) is 5.91 Å². The fraction of sp³-hybridized carbons (Fsp3) is 0.154. The highest BCUT2D eigenvalue weighted by molar-refractivity contribution is 6.05. The quantitative estimate of drug-likeness (QED) is 0.889. The normalized spacial score (nSPS) is 10.1. The Morgan fingerprint density at radius 1 is 1.28 bits per heavy atom. The maximum Gasteiger partial charge on any atom is 0.259 e. The predicted molar refractivity (Wildman–Crippen MR) is 70.2 cm³/mol. The minimum absolute atomic E-state index is 0.101. The number of nitrogen functional groups attached to an aromatic ring is 1. The molecule has 2 aromatic rings. The Morgan fingerprint density at radius 2 is 2.00 bits per heavy atom. The van der Waals surface area contributed by atoms with E-state index in [9.17, 15) is 4.79 Å². The largest absolute Gasteiger partial charge is 0.384 e. The van der Waals surface area contributed by atoms with Gasteiger partial charge in [-0.15, -0.1) is 0 Å². The molecule has 0 fully saturated rings. The summed E-state index contributed by atoms with van der Waals surface area (Å²) < 4.78 is 0. The third-order valence-electron chi connectivity index (χ3n) is 2.57. The second kappa shape index (κ2) is 5.27. The summed E-state index contributed by atoms with van der Waals surface area (Å²) in [6.45, 7) is 2.50. The monoisotopic (exact) mass is 242 g/mol. The number of carbonyl (C=O) groups is 1. The molecule has 2 aromatic heterocycles.